The van der Waals surface area contributed by atoms with Crippen LogP contribution in [0.1, 0.15) is 31.2 Å². The fourth-order valence-corrected chi connectivity index (χ4v) is 4.78. The van der Waals surface area contributed by atoms with E-state index in [1.54, 1.807) is 24.3 Å². The summed E-state index contributed by atoms with van der Waals surface area (Å²) in [6.07, 6.45) is 5.05. The Labute approximate surface area is 200 Å². The summed E-state index contributed by atoms with van der Waals surface area (Å²) in [6, 6.07) is 12.8. The Morgan fingerprint density at radius 1 is 0.971 bits per heavy atom. The maximum absolute atomic E-state index is 13.0. The number of ether oxygens (including phenoxy) is 1. The van der Waals surface area contributed by atoms with Crippen LogP contribution in [0.3, 0.4) is 0 Å². The van der Waals surface area contributed by atoms with Gasteiger partial charge in [-0.15, -0.1) is 0 Å². The van der Waals surface area contributed by atoms with Crippen molar-refractivity contribution in [3.8, 4) is 11.5 Å². The van der Waals surface area contributed by atoms with Gasteiger partial charge in [-0.2, -0.15) is 0 Å². The van der Waals surface area contributed by atoms with Crippen molar-refractivity contribution in [2.75, 3.05) is 32.7 Å². The Morgan fingerprint density at radius 2 is 1.56 bits per heavy atom. The molecule has 34 heavy (non-hydrogen) atoms. The summed E-state index contributed by atoms with van der Waals surface area (Å²) < 4.78 is 18.7. The lowest BCUT2D eigenvalue weighted by atomic mass is 10.0. The molecule has 0 aliphatic carbocycles. The number of piperidine rings is 1. The Hall–Kier alpha value is -2.97. The first-order valence-corrected chi connectivity index (χ1v) is 12.0. The first-order valence-electron chi connectivity index (χ1n) is 12.0. The van der Waals surface area contributed by atoms with Crippen molar-refractivity contribution in [3.05, 3.63) is 59.9 Å². The van der Waals surface area contributed by atoms with Crippen molar-refractivity contribution in [2.45, 2.75) is 44.2 Å². The van der Waals surface area contributed by atoms with E-state index in [0.29, 0.717) is 24.0 Å². The number of benzene rings is 2. The van der Waals surface area contributed by atoms with E-state index < -0.39 is 11.9 Å². The molecule has 1 atom stereocenters. The van der Waals surface area contributed by atoms with Crippen molar-refractivity contribution in [1.82, 2.24) is 15.1 Å². The number of amides is 2. The molecule has 2 aliphatic heterocycles. The van der Waals surface area contributed by atoms with Gasteiger partial charge in [0.05, 0.1) is 6.54 Å². The third-order valence-corrected chi connectivity index (χ3v) is 6.67. The predicted molar refractivity (Wildman–Crippen MR) is 128 cm³/mol. The number of nitrogens with zero attached hydrogens (tertiary/aromatic N) is 2. The number of likely N-dealkylation sites (tertiary alicyclic amines) is 2. The Balaban J connectivity index is 1.24. The minimum atomic E-state index is -0.779. The molecule has 8 heteroatoms. The van der Waals surface area contributed by atoms with E-state index in [1.807, 2.05) is 12.1 Å². The smallest absolute Gasteiger partial charge is 0.240 e. The van der Waals surface area contributed by atoms with Gasteiger partial charge in [0.1, 0.15) is 23.4 Å². The molecule has 2 aliphatic rings. The van der Waals surface area contributed by atoms with Crippen molar-refractivity contribution >= 4 is 11.8 Å². The third kappa shape index (κ3) is 6.77. The standard InChI is InChI=1S/C26H33FN4O3/c27-20-5-9-23(10-6-20)34-22-7-3-19(4-8-22)17-24(26(28)33)29-25(32)18-30-15-11-21(12-16-30)31-13-1-2-14-31/h3-10,21,24H,1-2,11-18H2,(H2,28,33)(H,29,32). The molecule has 4 rings (SSSR count). The Morgan fingerprint density at radius 3 is 2.15 bits per heavy atom. The lowest BCUT2D eigenvalue weighted by Gasteiger charge is -2.36. The fraction of sp³-hybridized carbons (Fsp3) is 0.462. The fourth-order valence-electron chi connectivity index (χ4n) is 4.78. The van der Waals surface area contributed by atoms with Gasteiger partial charge in [-0.3, -0.25) is 14.5 Å². The van der Waals surface area contributed by atoms with Crippen LogP contribution < -0.4 is 15.8 Å². The van der Waals surface area contributed by atoms with Gasteiger partial charge < -0.3 is 20.7 Å². The number of carbonyl (C=O) groups excluding carboxylic acids is 2. The zero-order valence-electron chi connectivity index (χ0n) is 19.4. The summed E-state index contributed by atoms with van der Waals surface area (Å²) in [5, 5.41) is 2.81. The van der Waals surface area contributed by atoms with Crippen LogP contribution in [-0.2, 0) is 16.0 Å². The number of nitrogens with two attached hydrogens (primary N) is 1. The van der Waals surface area contributed by atoms with E-state index in [4.69, 9.17) is 10.5 Å². The second kappa shape index (κ2) is 11.4. The molecular weight excluding hydrogens is 435 g/mol. The highest BCUT2D eigenvalue weighted by Gasteiger charge is 2.27. The summed E-state index contributed by atoms with van der Waals surface area (Å²) in [5.41, 5.74) is 6.42. The van der Waals surface area contributed by atoms with Gasteiger partial charge in [-0.1, -0.05) is 12.1 Å². The second-order valence-corrected chi connectivity index (χ2v) is 9.18. The molecule has 2 aromatic carbocycles. The summed E-state index contributed by atoms with van der Waals surface area (Å²) in [6.45, 7) is 4.47. The van der Waals surface area contributed by atoms with E-state index in [1.165, 1.54) is 38.1 Å². The Kier molecular flexibility index (Phi) is 8.13. The maximum Gasteiger partial charge on any atom is 0.240 e. The van der Waals surface area contributed by atoms with E-state index in [-0.39, 0.29) is 18.3 Å². The number of carbonyl (C=O) groups is 2. The summed E-state index contributed by atoms with van der Waals surface area (Å²) in [5.74, 6) is 0.0504. The van der Waals surface area contributed by atoms with E-state index in [9.17, 15) is 14.0 Å². The molecular formula is C26H33FN4O3. The predicted octanol–water partition coefficient (Wildman–Crippen LogP) is 2.69. The molecule has 2 fully saturated rings. The van der Waals surface area contributed by atoms with Gasteiger partial charge in [0.2, 0.25) is 11.8 Å². The molecule has 2 saturated heterocycles. The highest BCUT2D eigenvalue weighted by molar-refractivity contribution is 5.87. The number of halogens is 1. The minimum absolute atomic E-state index is 0.181. The molecule has 182 valence electrons. The largest absolute Gasteiger partial charge is 0.457 e. The molecule has 0 spiro atoms. The molecule has 0 radical (unpaired) electrons. The van der Waals surface area contributed by atoms with Crippen LogP contribution in [0.15, 0.2) is 48.5 Å². The minimum Gasteiger partial charge on any atom is -0.457 e. The highest BCUT2D eigenvalue weighted by atomic mass is 19.1. The topological polar surface area (TPSA) is 87.9 Å². The molecule has 0 aromatic heterocycles. The van der Waals surface area contributed by atoms with Crippen LogP contribution in [0, 0.1) is 5.82 Å². The molecule has 2 amide bonds. The van der Waals surface area contributed by atoms with Crippen molar-refractivity contribution in [2.24, 2.45) is 5.73 Å². The van der Waals surface area contributed by atoms with Crippen LogP contribution in [0.5, 0.6) is 11.5 Å². The number of hydrogen-bond acceptors (Lipinski definition) is 5. The first-order chi connectivity index (χ1) is 16.5. The van der Waals surface area contributed by atoms with Crippen molar-refractivity contribution in [1.29, 1.82) is 0 Å². The summed E-state index contributed by atoms with van der Waals surface area (Å²) >= 11 is 0. The average Bonchev–Trinajstić information content (AvgIpc) is 3.37. The zero-order chi connectivity index (χ0) is 23.9. The van der Waals surface area contributed by atoms with Crippen LogP contribution in [0.2, 0.25) is 0 Å². The van der Waals surface area contributed by atoms with Gasteiger partial charge in [-0.25, -0.2) is 4.39 Å². The van der Waals surface area contributed by atoms with Crippen molar-refractivity contribution in [3.63, 3.8) is 0 Å². The number of rotatable bonds is 9. The van der Waals surface area contributed by atoms with Crippen LogP contribution >= 0.6 is 0 Å². The van der Waals surface area contributed by atoms with Crippen LogP contribution in [0.4, 0.5) is 4.39 Å². The van der Waals surface area contributed by atoms with E-state index in [2.05, 4.69) is 15.1 Å². The van der Waals surface area contributed by atoms with Gasteiger partial charge in [0.15, 0.2) is 0 Å². The van der Waals surface area contributed by atoms with Gasteiger partial charge in [0.25, 0.3) is 0 Å². The first kappa shape index (κ1) is 24.2. The van der Waals surface area contributed by atoms with Gasteiger partial charge >= 0.3 is 0 Å². The lowest BCUT2D eigenvalue weighted by Crippen LogP contribution is -2.51. The van der Waals surface area contributed by atoms with Gasteiger partial charge in [0, 0.05) is 25.6 Å². The molecule has 0 saturated carbocycles. The third-order valence-electron chi connectivity index (χ3n) is 6.67. The molecule has 0 bridgehead atoms. The zero-order valence-corrected chi connectivity index (χ0v) is 19.4. The SMILES string of the molecule is NC(=O)C(Cc1ccc(Oc2ccc(F)cc2)cc1)NC(=O)CN1CCC(N2CCCC2)CC1. The Bertz CT molecular complexity index is 953. The summed E-state index contributed by atoms with van der Waals surface area (Å²) in [7, 11) is 0. The summed E-state index contributed by atoms with van der Waals surface area (Å²) in [4.78, 5) is 29.3. The molecule has 2 heterocycles. The maximum atomic E-state index is 13.0. The number of hydrogen-bond donors (Lipinski definition) is 2. The lowest BCUT2D eigenvalue weighted by molar-refractivity contribution is -0.128. The average molecular weight is 469 g/mol. The van der Waals surface area contributed by atoms with E-state index in [0.717, 1.165) is 31.5 Å². The molecule has 2 aromatic rings. The van der Waals surface area contributed by atoms with Crippen molar-refractivity contribution < 1.29 is 18.7 Å². The van der Waals surface area contributed by atoms with E-state index >= 15 is 0 Å². The monoisotopic (exact) mass is 468 g/mol. The molecule has 7 nitrogen and oxygen atoms in total. The van der Waals surface area contributed by atoms with Crippen LogP contribution in [0.25, 0.3) is 0 Å². The van der Waals surface area contributed by atoms with Gasteiger partial charge in [-0.05, 0) is 80.7 Å². The molecule has 1 unspecified atom stereocenters. The second-order valence-electron chi connectivity index (χ2n) is 9.18. The highest BCUT2D eigenvalue weighted by Crippen LogP contribution is 2.23. The quantitative estimate of drug-likeness (QED) is 0.591. The number of primary amides is 1. The number of nitrogens with one attached hydrogen (secondary N) is 1. The molecule has 3 N–H and O–H groups in total. The normalized spacial score (nSPS) is 18.5. The van der Waals surface area contributed by atoms with Crippen LogP contribution in [-0.4, -0.2) is 66.4 Å².